The first-order chi connectivity index (χ1) is 9.26. The quantitative estimate of drug-likeness (QED) is 0.643. The molecule has 0 atom stereocenters. The summed E-state index contributed by atoms with van der Waals surface area (Å²) in [4.78, 5) is 12.0. The van der Waals surface area contributed by atoms with Gasteiger partial charge < -0.3 is 15.2 Å². The molecule has 7 heteroatoms. The Balaban J connectivity index is 2.34. The Morgan fingerprint density at radius 1 is 1.16 bits per heavy atom. The van der Waals surface area contributed by atoms with Crippen LogP contribution < -0.4 is 10.1 Å². The molecule has 0 unspecified atom stereocenters. The predicted octanol–water partition coefficient (Wildman–Crippen LogP) is 2.28. The van der Waals surface area contributed by atoms with Crippen molar-refractivity contribution >= 4 is 17.5 Å². The highest BCUT2D eigenvalue weighted by molar-refractivity contribution is 6.28. The number of nitrogens with one attached hydrogen (secondary N) is 1. The third-order valence-corrected chi connectivity index (χ3v) is 2.56. The average Bonchev–Trinajstić information content (AvgIpc) is 2.40. The Kier molecular flexibility index (Phi) is 8.16. The molecule has 0 aliphatic heterocycles. The Labute approximate surface area is 118 Å². The van der Waals surface area contributed by atoms with Gasteiger partial charge in [0.1, 0.15) is 0 Å². The number of unbranched alkanes of at least 4 members (excludes halogenated alkanes) is 3. The summed E-state index contributed by atoms with van der Waals surface area (Å²) in [7, 11) is 0. The second-order valence-electron chi connectivity index (χ2n) is 4.12. The molecule has 108 valence electrons. The largest absolute Gasteiger partial charge is 0.463 e. The molecule has 0 fully saturated rings. The molecule has 0 saturated carbocycles. The molecule has 0 aliphatic rings. The molecule has 6 nitrogen and oxygen atoms in total. The second-order valence-corrected chi connectivity index (χ2v) is 4.46. The minimum absolute atomic E-state index is 0.129. The fourth-order valence-corrected chi connectivity index (χ4v) is 1.61. The van der Waals surface area contributed by atoms with E-state index in [-0.39, 0.29) is 17.9 Å². The summed E-state index contributed by atoms with van der Waals surface area (Å²) in [5, 5.41) is 11.9. The van der Waals surface area contributed by atoms with Gasteiger partial charge in [-0.1, -0.05) is 19.8 Å². The summed E-state index contributed by atoms with van der Waals surface area (Å²) in [6, 6.07) is 0.254. The molecule has 0 saturated heterocycles. The summed E-state index contributed by atoms with van der Waals surface area (Å²) in [6.45, 7) is 3.59. The van der Waals surface area contributed by atoms with Gasteiger partial charge in [0.15, 0.2) is 0 Å². The first-order valence-corrected chi connectivity index (χ1v) is 7.03. The van der Waals surface area contributed by atoms with E-state index >= 15 is 0 Å². The van der Waals surface area contributed by atoms with Crippen molar-refractivity contribution in [2.75, 3.05) is 25.1 Å². The van der Waals surface area contributed by atoms with E-state index in [2.05, 4.69) is 20.3 Å². The third-order valence-electron chi connectivity index (χ3n) is 2.39. The number of anilines is 1. The van der Waals surface area contributed by atoms with Crippen molar-refractivity contribution in [1.29, 1.82) is 0 Å². The van der Waals surface area contributed by atoms with Crippen molar-refractivity contribution in [1.82, 2.24) is 15.0 Å². The van der Waals surface area contributed by atoms with Gasteiger partial charge in [0.25, 0.3) is 0 Å². The van der Waals surface area contributed by atoms with Gasteiger partial charge in [-0.15, -0.1) is 0 Å². The van der Waals surface area contributed by atoms with Crippen LogP contribution in [0, 0.1) is 0 Å². The van der Waals surface area contributed by atoms with Gasteiger partial charge >= 0.3 is 6.01 Å². The lowest BCUT2D eigenvalue weighted by Gasteiger charge is -2.07. The van der Waals surface area contributed by atoms with Crippen LogP contribution in [0.4, 0.5) is 5.95 Å². The van der Waals surface area contributed by atoms with Crippen LogP contribution in [0.3, 0.4) is 0 Å². The Morgan fingerprint density at radius 3 is 2.68 bits per heavy atom. The van der Waals surface area contributed by atoms with E-state index in [1.165, 1.54) is 0 Å². The number of rotatable bonds is 10. The fraction of sp³-hybridized carbons (Fsp3) is 0.750. The fourth-order valence-electron chi connectivity index (χ4n) is 1.46. The van der Waals surface area contributed by atoms with E-state index in [0.29, 0.717) is 12.6 Å². The molecular formula is C12H21ClN4O2. The van der Waals surface area contributed by atoms with Crippen LogP contribution in [0.2, 0.25) is 5.28 Å². The van der Waals surface area contributed by atoms with Crippen LogP contribution in [-0.4, -0.2) is 39.8 Å². The van der Waals surface area contributed by atoms with Gasteiger partial charge in [-0.25, -0.2) is 0 Å². The van der Waals surface area contributed by atoms with Crippen molar-refractivity contribution in [3.63, 3.8) is 0 Å². The lowest BCUT2D eigenvalue weighted by Crippen LogP contribution is -2.08. The molecule has 1 heterocycles. The van der Waals surface area contributed by atoms with Crippen molar-refractivity contribution in [2.45, 2.75) is 39.0 Å². The van der Waals surface area contributed by atoms with E-state index in [1.54, 1.807) is 0 Å². The average molecular weight is 289 g/mol. The SMILES string of the molecule is CCCOc1nc(Cl)nc(NCCCCCCO)n1. The Morgan fingerprint density at radius 2 is 1.95 bits per heavy atom. The van der Waals surface area contributed by atoms with Gasteiger partial charge in [0, 0.05) is 13.2 Å². The monoisotopic (exact) mass is 288 g/mol. The highest BCUT2D eigenvalue weighted by Gasteiger charge is 2.05. The topological polar surface area (TPSA) is 80.2 Å². The van der Waals surface area contributed by atoms with Crippen molar-refractivity contribution < 1.29 is 9.84 Å². The highest BCUT2D eigenvalue weighted by Crippen LogP contribution is 2.11. The van der Waals surface area contributed by atoms with E-state index in [4.69, 9.17) is 21.4 Å². The maximum absolute atomic E-state index is 8.66. The molecule has 19 heavy (non-hydrogen) atoms. The van der Waals surface area contributed by atoms with Gasteiger partial charge in [0.05, 0.1) is 6.61 Å². The van der Waals surface area contributed by atoms with E-state index in [1.807, 2.05) is 6.92 Å². The predicted molar refractivity (Wildman–Crippen MR) is 74.7 cm³/mol. The van der Waals surface area contributed by atoms with Crippen LogP contribution in [0.5, 0.6) is 6.01 Å². The standard InChI is InChI=1S/C12H21ClN4O2/c1-2-9-19-12-16-10(13)15-11(17-12)14-7-5-3-4-6-8-18/h18H,2-9H2,1H3,(H,14,15,16,17). The van der Waals surface area contributed by atoms with Crippen LogP contribution in [0.15, 0.2) is 0 Å². The zero-order chi connectivity index (χ0) is 13.9. The van der Waals surface area contributed by atoms with E-state index < -0.39 is 0 Å². The summed E-state index contributed by atoms with van der Waals surface area (Å²) < 4.78 is 5.32. The molecule has 1 rings (SSSR count). The van der Waals surface area contributed by atoms with Crippen LogP contribution in [0.25, 0.3) is 0 Å². The molecule has 0 aromatic carbocycles. The minimum atomic E-state index is 0.129. The summed E-state index contributed by atoms with van der Waals surface area (Å²) in [5.41, 5.74) is 0. The molecule has 1 aromatic rings. The summed E-state index contributed by atoms with van der Waals surface area (Å²) in [6.07, 6.45) is 4.82. The lowest BCUT2D eigenvalue weighted by molar-refractivity contribution is 0.283. The Bertz CT molecular complexity index is 366. The first kappa shape index (κ1) is 15.9. The van der Waals surface area contributed by atoms with E-state index in [0.717, 1.165) is 38.6 Å². The first-order valence-electron chi connectivity index (χ1n) is 6.65. The molecule has 2 N–H and O–H groups in total. The highest BCUT2D eigenvalue weighted by atomic mass is 35.5. The molecule has 1 aromatic heterocycles. The lowest BCUT2D eigenvalue weighted by atomic mass is 10.2. The van der Waals surface area contributed by atoms with Crippen LogP contribution in [0.1, 0.15) is 39.0 Å². The normalized spacial score (nSPS) is 10.5. The van der Waals surface area contributed by atoms with Crippen molar-refractivity contribution in [3.8, 4) is 6.01 Å². The number of aliphatic hydroxyl groups excluding tert-OH is 1. The number of nitrogens with zero attached hydrogens (tertiary/aromatic N) is 3. The number of ether oxygens (including phenoxy) is 1. The van der Waals surface area contributed by atoms with Crippen molar-refractivity contribution in [2.24, 2.45) is 0 Å². The maximum Gasteiger partial charge on any atom is 0.322 e. The number of hydrogen-bond donors (Lipinski definition) is 2. The minimum Gasteiger partial charge on any atom is -0.463 e. The van der Waals surface area contributed by atoms with Gasteiger partial charge in [-0.2, -0.15) is 15.0 Å². The molecule has 0 spiro atoms. The number of hydrogen-bond acceptors (Lipinski definition) is 6. The smallest absolute Gasteiger partial charge is 0.322 e. The molecular weight excluding hydrogens is 268 g/mol. The Hall–Kier alpha value is -1.14. The van der Waals surface area contributed by atoms with Gasteiger partial charge in [-0.3, -0.25) is 0 Å². The second kappa shape index (κ2) is 9.75. The number of halogens is 1. The molecule has 0 amide bonds. The van der Waals surface area contributed by atoms with Gasteiger partial charge in [0.2, 0.25) is 11.2 Å². The zero-order valence-corrected chi connectivity index (χ0v) is 12.0. The zero-order valence-electron chi connectivity index (χ0n) is 11.2. The number of aromatic nitrogens is 3. The van der Waals surface area contributed by atoms with Crippen LogP contribution >= 0.6 is 11.6 Å². The molecule has 0 radical (unpaired) electrons. The molecule has 0 bridgehead atoms. The summed E-state index contributed by atoms with van der Waals surface area (Å²) in [5.74, 6) is 0.438. The van der Waals surface area contributed by atoms with Gasteiger partial charge in [-0.05, 0) is 30.9 Å². The molecule has 0 aliphatic carbocycles. The third kappa shape index (κ3) is 7.12. The van der Waals surface area contributed by atoms with Crippen LogP contribution in [-0.2, 0) is 0 Å². The number of aliphatic hydroxyl groups is 1. The maximum atomic E-state index is 8.66. The van der Waals surface area contributed by atoms with Crippen molar-refractivity contribution in [3.05, 3.63) is 5.28 Å². The summed E-state index contributed by atoms with van der Waals surface area (Å²) >= 11 is 5.80. The van der Waals surface area contributed by atoms with E-state index in [9.17, 15) is 0 Å².